The minimum absolute atomic E-state index is 0.976. The van der Waals surface area contributed by atoms with Gasteiger partial charge in [-0.25, -0.2) is 0 Å². The minimum atomic E-state index is 0.976. The summed E-state index contributed by atoms with van der Waals surface area (Å²) in [6, 6.07) is 51.9. The van der Waals surface area contributed by atoms with Crippen molar-refractivity contribution < 1.29 is 0 Å². The van der Waals surface area contributed by atoms with E-state index in [1.807, 2.05) is 6.07 Å². The predicted octanol–water partition coefficient (Wildman–Crippen LogP) is 12.0. The van der Waals surface area contributed by atoms with E-state index in [1.165, 1.54) is 66.2 Å². The molecule has 6 aromatic carbocycles. The summed E-state index contributed by atoms with van der Waals surface area (Å²) >= 11 is 0. The quantitative estimate of drug-likeness (QED) is 0.122. The summed E-state index contributed by atoms with van der Waals surface area (Å²) in [6.45, 7) is 3.24. The van der Waals surface area contributed by atoms with Crippen molar-refractivity contribution in [2.45, 2.75) is 26.3 Å². The zero-order valence-electron chi connectivity index (χ0n) is 28.0. The minimum Gasteiger partial charge on any atom is -0.330 e. The van der Waals surface area contributed by atoms with E-state index < -0.39 is 0 Å². The lowest BCUT2D eigenvalue weighted by Gasteiger charge is -2.09. The number of aryl methyl sites for hydroxylation is 2. The van der Waals surface area contributed by atoms with E-state index in [0.29, 0.717) is 0 Å². The summed E-state index contributed by atoms with van der Waals surface area (Å²) in [5.74, 6) is 6.86. The summed E-state index contributed by atoms with van der Waals surface area (Å²) in [5, 5.41) is 3.90. The highest BCUT2D eigenvalue weighted by Gasteiger charge is 2.19. The predicted molar refractivity (Wildman–Crippen MR) is 209 cm³/mol. The number of rotatable bonds is 7. The highest BCUT2D eigenvalue weighted by atomic mass is 15.1. The van der Waals surface area contributed by atoms with Crippen LogP contribution < -0.4 is 0 Å². The van der Waals surface area contributed by atoms with Crippen molar-refractivity contribution in [3.63, 3.8) is 0 Å². The van der Waals surface area contributed by atoms with Crippen molar-refractivity contribution in [3.05, 3.63) is 168 Å². The fraction of sp³-hybridized carbons (Fsp3) is 0.106. The molecule has 0 aliphatic rings. The lowest BCUT2D eigenvalue weighted by molar-refractivity contribution is 0.655. The molecule has 2 heterocycles. The molecule has 236 valence electrons. The van der Waals surface area contributed by atoms with Crippen LogP contribution in [0.3, 0.4) is 0 Å². The van der Waals surface area contributed by atoms with Gasteiger partial charge in [0.25, 0.3) is 0 Å². The van der Waals surface area contributed by atoms with E-state index in [1.54, 1.807) is 0 Å². The van der Waals surface area contributed by atoms with Gasteiger partial charge in [-0.05, 0) is 70.1 Å². The number of hydrogen-bond donors (Lipinski definition) is 0. The van der Waals surface area contributed by atoms with E-state index in [4.69, 9.17) is 0 Å². The molecule has 0 atom stereocenters. The number of benzene rings is 6. The topological polar surface area (TPSA) is 9.86 Å². The summed E-state index contributed by atoms with van der Waals surface area (Å²) < 4.78 is 4.89. The van der Waals surface area contributed by atoms with Gasteiger partial charge in [0.15, 0.2) is 0 Å². The van der Waals surface area contributed by atoms with Crippen molar-refractivity contribution in [2.75, 3.05) is 0 Å². The lowest BCUT2D eigenvalue weighted by atomic mass is 10.0. The maximum atomic E-state index is 3.45. The molecule has 0 saturated heterocycles. The number of fused-ring (bicyclic) bond motifs is 5. The molecule has 2 heteroatoms. The first-order valence-electron chi connectivity index (χ1n) is 17.2. The standard InChI is InChI=1S/C47H38N2/c1-3-4-31-49-45-33-37(18-16-35-21-27-41(28-22-35)39-13-9-6-10-14-39)24-30-43(45)46-42-29-23-36(32-44(42)48(2)47(46)49)17-15-34-19-25-40(26-20-34)38-11-7-5-8-12-38/h5-15,17,19-30,32-33H,3-4,31H2,1-2H3. The molecule has 8 aromatic rings. The summed E-state index contributed by atoms with van der Waals surface area (Å²) in [4.78, 5) is 0. The van der Waals surface area contributed by atoms with E-state index in [0.717, 1.165) is 30.5 Å². The number of nitrogens with zero attached hydrogens (tertiary/aromatic N) is 2. The molecule has 0 saturated carbocycles. The molecule has 8 rings (SSSR count). The maximum absolute atomic E-state index is 3.45. The molecule has 2 aromatic heterocycles. The molecule has 0 fully saturated rings. The Morgan fingerprint density at radius 1 is 0.531 bits per heavy atom. The van der Waals surface area contributed by atoms with Crippen LogP contribution in [0.2, 0.25) is 0 Å². The van der Waals surface area contributed by atoms with Crippen LogP contribution in [0, 0.1) is 11.8 Å². The first-order valence-corrected chi connectivity index (χ1v) is 17.2. The molecule has 0 spiro atoms. The average Bonchev–Trinajstić information content (AvgIpc) is 3.64. The Labute approximate surface area is 288 Å². The zero-order chi connectivity index (χ0) is 33.2. The van der Waals surface area contributed by atoms with Crippen molar-refractivity contribution in [1.82, 2.24) is 9.13 Å². The average molecular weight is 631 g/mol. The molecule has 0 aliphatic carbocycles. The molecule has 2 nitrogen and oxygen atoms in total. The third-order valence-corrected chi connectivity index (χ3v) is 9.57. The van der Waals surface area contributed by atoms with Crippen molar-refractivity contribution in [3.8, 4) is 34.1 Å². The van der Waals surface area contributed by atoms with Crippen LogP contribution >= 0.6 is 0 Å². The van der Waals surface area contributed by atoms with Gasteiger partial charge in [-0.2, -0.15) is 0 Å². The van der Waals surface area contributed by atoms with E-state index in [9.17, 15) is 0 Å². The van der Waals surface area contributed by atoms with Gasteiger partial charge in [-0.3, -0.25) is 0 Å². The SMILES string of the molecule is CCCCn1c2cc(C#Cc3ccc(-c4ccccc4)cc3)ccc2c2c3ccc(C=Cc4ccc(-c5ccccc5)cc4)cc3n(C)c21. The lowest BCUT2D eigenvalue weighted by Crippen LogP contribution is -2.02. The molecule has 0 amide bonds. The Morgan fingerprint density at radius 2 is 1.06 bits per heavy atom. The van der Waals surface area contributed by atoms with Crippen LogP contribution in [-0.2, 0) is 13.6 Å². The molecule has 0 radical (unpaired) electrons. The Balaban J connectivity index is 1.11. The summed E-state index contributed by atoms with van der Waals surface area (Å²) in [5.41, 5.74) is 13.1. The van der Waals surface area contributed by atoms with E-state index in [-0.39, 0.29) is 0 Å². The summed E-state index contributed by atoms with van der Waals surface area (Å²) in [6.07, 6.45) is 6.69. The largest absolute Gasteiger partial charge is 0.330 e. The molecule has 0 aliphatic heterocycles. The van der Waals surface area contributed by atoms with Crippen LogP contribution in [0.4, 0.5) is 0 Å². The Kier molecular flexibility index (Phi) is 8.18. The first-order chi connectivity index (χ1) is 24.2. The zero-order valence-corrected chi connectivity index (χ0v) is 28.0. The molecule has 0 unspecified atom stereocenters. The van der Waals surface area contributed by atoms with Crippen molar-refractivity contribution in [1.29, 1.82) is 0 Å². The Bertz CT molecular complexity index is 2500. The third kappa shape index (κ3) is 5.97. The smallest absolute Gasteiger partial charge is 0.122 e. The molecule has 49 heavy (non-hydrogen) atoms. The van der Waals surface area contributed by atoms with Crippen LogP contribution in [0.25, 0.3) is 67.2 Å². The Morgan fingerprint density at radius 3 is 1.73 bits per heavy atom. The van der Waals surface area contributed by atoms with Gasteiger partial charge in [0.2, 0.25) is 0 Å². The van der Waals surface area contributed by atoms with E-state index >= 15 is 0 Å². The van der Waals surface area contributed by atoms with Gasteiger partial charge in [0.1, 0.15) is 5.65 Å². The van der Waals surface area contributed by atoms with Crippen LogP contribution in [0.1, 0.15) is 42.0 Å². The second-order valence-electron chi connectivity index (χ2n) is 12.8. The Hall–Kier alpha value is -6.04. The maximum Gasteiger partial charge on any atom is 0.122 e. The second-order valence-corrected chi connectivity index (χ2v) is 12.8. The first kappa shape index (κ1) is 30.3. The third-order valence-electron chi connectivity index (χ3n) is 9.57. The van der Waals surface area contributed by atoms with Gasteiger partial charge in [0.05, 0.1) is 11.0 Å². The van der Waals surface area contributed by atoms with Gasteiger partial charge in [0, 0.05) is 40.9 Å². The van der Waals surface area contributed by atoms with Crippen molar-refractivity contribution in [2.24, 2.45) is 7.05 Å². The fourth-order valence-corrected chi connectivity index (χ4v) is 6.96. The van der Waals surface area contributed by atoms with Crippen LogP contribution in [-0.4, -0.2) is 9.13 Å². The number of hydrogen-bond acceptors (Lipinski definition) is 0. The highest BCUT2D eigenvalue weighted by molar-refractivity contribution is 6.21. The van der Waals surface area contributed by atoms with Crippen LogP contribution in [0.15, 0.2) is 146 Å². The summed E-state index contributed by atoms with van der Waals surface area (Å²) in [7, 11) is 2.21. The van der Waals surface area contributed by atoms with Gasteiger partial charge in [-0.15, -0.1) is 0 Å². The highest BCUT2D eigenvalue weighted by Crippen LogP contribution is 2.38. The van der Waals surface area contributed by atoms with Gasteiger partial charge in [-0.1, -0.05) is 153 Å². The van der Waals surface area contributed by atoms with Gasteiger partial charge >= 0.3 is 0 Å². The molecular formula is C47H38N2. The van der Waals surface area contributed by atoms with Crippen LogP contribution in [0.5, 0.6) is 0 Å². The number of unbranched alkanes of at least 4 members (excludes halogenated alkanes) is 1. The number of aromatic nitrogens is 2. The normalized spacial score (nSPS) is 11.5. The monoisotopic (exact) mass is 630 g/mol. The molecular weight excluding hydrogens is 593 g/mol. The second kappa shape index (κ2) is 13.2. The fourth-order valence-electron chi connectivity index (χ4n) is 6.96. The molecule has 0 N–H and O–H groups in total. The molecule has 0 bridgehead atoms. The van der Waals surface area contributed by atoms with Gasteiger partial charge < -0.3 is 9.13 Å². The van der Waals surface area contributed by atoms with Crippen molar-refractivity contribution >= 4 is 45.0 Å². The van der Waals surface area contributed by atoms with E-state index in [2.05, 4.69) is 187 Å².